The zero-order chi connectivity index (χ0) is 15.8. The molecule has 0 heterocycles. The number of carbonyl (C=O) groups excluding carboxylic acids is 1. The number of carbonyl (C=O) groups is 1. The van der Waals surface area contributed by atoms with Gasteiger partial charge in [0.25, 0.3) is 0 Å². The van der Waals surface area contributed by atoms with E-state index in [0.29, 0.717) is 30.3 Å². The van der Waals surface area contributed by atoms with Crippen LogP contribution in [0.1, 0.15) is 29.3 Å². The molecule has 0 aliphatic rings. The van der Waals surface area contributed by atoms with Gasteiger partial charge in [0.15, 0.2) is 5.78 Å². The van der Waals surface area contributed by atoms with Gasteiger partial charge in [0.05, 0.1) is 17.5 Å². The van der Waals surface area contributed by atoms with Crippen molar-refractivity contribution in [1.29, 1.82) is 0 Å². The summed E-state index contributed by atoms with van der Waals surface area (Å²) in [5.74, 6) is 1.28. The predicted octanol–water partition coefficient (Wildman–Crippen LogP) is 4.63. The number of benzene rings is 2. The largest absolute Gasteiger partial charge is 0.493 e. The van der Waals surface area contributed by atoms with E-state index in [4.69, 9.17) is 9.47 Å². The van der Waals surface area contributed by atoms with Crippen LogP contribution in [0.2, 0.25) is 0 Å². The number of alkyl halides is 1. The van der Waals surface area contributed by atoms with Crippen LogP contribution in [0.3, 0.4) is 0 Å². The van der Waals surface area contributed by atoms with Crippen molar-refractivity contribution in [1.82, 2.24) is 0 Å². The second-order valence-corrected chi connectivity index (χ2v) is 5.40. The summed E-state index contributed by atoms with van der Waals surface area (Å²) in [6.45, 7) is 3.09. The van der Waals surface area contributed by atoms with Gasteiger partial charge in [-0.2, -0.15) is 0 Å². The van der Waals surface area contributed by atoms with E-state index in [9.17, 15) is 4.79 Å². The molecule has 2 aromatic rings. The van der Waals surface area contributed by atoms with Crippen LogP contribution in [-0.2, 0) is 6.61 Å². The summed E-state index contributed by atoms with van der Waals surface area (Å²) >= 11 is 3.20. The molecule has 0 atom stereocenters. The predicted molar refractivity (Wildman–Crippen MR) is 91.1 cm³/mol. The zero-order valence-electron chi connectivity index (χ0n) is 12.5. The van der Waals surface area contributed by atoms with Gasteiger partial charge in [-0.05, 0) is 24.1 Å². The number of ether oxygens (including phenoxy) is 2. The molecular formula is C18H19BrO3. The molecule has 3 nitrogen and oxygen atoms in total. The van der Waals surface area contributed by atoms with Crippen molar-refractivity contribution in [2.75, 3.05) is 11.9 Å². The lowest BCUT2D eigenvalue weighted by Gasteiger charge is -2.12. The van der Waals surface area contributed by atoms with Crippen molar-refractivity contribution >= 4 is 21.7 Å². The number of rotatable bonds is 8. The van der Waals surface area contributed by atoms with Crippen molar-refractivity contribution in [3.63, 3.8) is 0 Å². The Hall–Kier alpha value is -1.81. The SMILES string of the molecule is CCCOc1cc(OCc2ccccc2)ccc1C(=O)CBr. The number of halogens is 1. The first-order chi connectivity index (χ1) is 10.7. The highest BCUT2D eigenvalue weighted by atomic mass is 79.9. The Bertz CT molecular complexity index is 611. The van der Waals surface area contributed by atoms with Crippen molar-refractivity contribution in [2.45, 2.75) is 20.0 Å². The first-order valence-electron chi connectivity index (χ1n) is 7.27. The number of ketones is 1. The maximum Gasteiger partial charge on any atom is 0.177 e. The molecular weight excluding hydrogens is 344 g/mol. The monoisotopic (exact) mass is 362 g/mol. The van der Waals surface area contributed by atoms with Gasteiger partial charge in [-0.15, -0.1) is 0 Å². The molecule has 0 unspecified atom stereocenters. The quantitative estimate of drug-likeness (QED) is 0.507. The molecule has 0 fully saturated rings. The molecule has 2 rings (SSSR count). The maximum absolute atomic E-state index is 11.9. The second kappa shape index (κ2) is 8.59. The highest BCUT2D eigenvalue weighted by Crippen LogP contribution is 2.26. The van der Waals surface area contributed by atoms with Crippen LogP contribution in [0, 0.1) is 0 Å². The molecule has 4 heteroatoms. The van der Waals surface area contributed by atoms with E-state index in [1.807, 2.05) is 37.3 Å². The molecule has 0 aliphatic carbocycles. The first-order valence-corrected chi connectivity index (χ1v) is 8.39. The lowest BCUT2D eigenvalue weighted by Crippen LogP contribution is -2.06. The molecule has 0 radical (unpaired) electrons. The van der Waals surface area contributed by atoms with E-state index < -0.39 is 0 Å². The average molecular weight is 363 g/mol. The van der Waals surface area contributed by atoms with Gasteiger partial charge < -0.3 is 9.47 Å². The minimum Gasteiger partial charge on any atom is -0.493 e. The third-order valence-corrected chi connectivity index (χ3v) is 3.59. The average Bonchev–Trinajstić information content (AvgIpc) is 2.58. The Labute approximate surface area is 139 Å². The summed E-state index contributed by atoms with van der Waals surface area (Å²) in [5, 5.41) is 0.277. The van der Waals surface area contributed by atoms with Gasteiger partial charge >= 0.3 is 0 Å². The Morgan fingerprint density at radius 1 is 1.09 bits per heavy atom. The molecule has 0 aromatic heterocycles. The van der Waals surface area contributed by atoms with Crippen molar-refractivity contribution in [3.05, 3.63) is 59.7 Å². The van der Waals surface area contributed by atoms with Gasteiger partial charge in [-0.1, -0.05) is 53.2 Å². The topological polar surface area (TPSA) is 35.5 Å². The highest BCUT2D eigenvalue weighted by Gasteiger charge is 2.13. The van der Waals surface area contributed by atoms with Crippen LogP contribution < -0.4 is 9.47 Å². The maximum atomic E-state index is 11.9. The lowest BCUT2D eigenvalue weighted by atomic mass is 10.1. The fourth-order valence-corrected chi connectivity index (χ4v) is 2.27. The van der Waals surface area contributed by atoms with Crippen LogP contribution in [0.5, 0.6) is 11.5 Å². The van der Waals surface area contributed by atoms with E-state index in [0.717, 1.165) is 12.0 Å². The molecule has 2 aromatic carbocycles. The summed E-state index contributed by atoms with van der Waals surface area (Å²) in [6.07, 6.45) is 0.886. The summed E-state index contributed by atoms with van der Waals surface area (Å²) in [6, 6.07) is 15.3. The van der Waals surface area contributed by atoms with Crippen LogP contribution in [0.15, 0.2) is 48.5 Å². The third kappa shape index (κ3) is 4.60. The fraction of sp³-hybridized carbons (Fsp3) is 0.278. The molecule has 0 saturated carbocycles. The van der Waals surface area contributed by atoms with E-state index >= 15 is 0 Å². The molecule has 0 amide bonds. The van der Waals surface area contributed by atoms with Gasteiger partial charge in [-0.25, -0.2) is 0 Å². The summed E-state index contributed by atoms with van der Waals surface area (Å²) in [5.41, 5.74) is 1.68. The zero-order valence-corrected chi connectivity index (χ0v) is 14.1. The van der Waals surface area contributed by atoms with E-state index in [1.165, 1.54) is 0 Å². The lowest BCUT2D eigenvalue weighted by molar-refractivity contribution is 0.101. The molecule has 0 N–H and O–H groups in total. The number of Topliss-reactive ketones (excluding diaryl/α,β-unsaturated/α-hetero) is 1. The van der Waals surface area contributed by atoms with E-state index in [1.54, 1.807) is 18.2 Å². The van der Waals surface area contributed by atoms with Gasteiger partial charge in [0.1, 0.15) is 18.1 Å². The molecule has 0 saturated heterocycles. The van der Waals surface area contributed by atoms with Gasteiger partial charge in [0, 0.05) is 6.07 Å². The standard InChI is InChI=1S/C18H19BrO3/c1-2-10-21-18-11-15(8-9-16(18)17(20)12-19)22-13-14-6-4-3-5-7-14/h3-9,11H,2,10,12-13H2,1H3. The van der Waals surface area contributed by atoms with Crippen molar-refractivity contribution in [2.24, 2.45) is 0 Å². The molecule has 0 spiro atoms. The van der Waals surface area contributed by atoms with E-state index in [2.05, 4.69) is 15.9 Å². The van der Waals surface area contributed by atoms with Gasteiger partial charge in [0.2, 0.25) is 0 Å². The van der Waals surface area contributed by atoms with Gasteiger partial charge in [-0.3, -0.25) is 4.79 Å². The Kier molecular flexibility index (Phi) is 6.46. The summed E-state index contributed by atoms with van der Waals surface area (Å²) in [4.78, 5) is 11.9. The van der Waals surface area contributed by atoms with Crippen LogP contribution in [0.25, 0.3) is 0 Å². The normalized spacial score (nSPS) is 10.3. The molecule has 0 bridgehead atoms. The minimum absolute atomic E-state index is 0.000660. The molecule has 22 heavy (non-hydrogen) atoms. The molecule has 0 aliphatic heterocycles. The highest BCUT2D eigenvalue weighted by molar-refractivity contribution is 9.09. The summed E-state index contributed by atoms with van der Waals surface area (Å²) in [7, 11) is 0. The molecule has 116 valence electrons. The van der Waals surface area contributed by atoms with Crippen LogP contribution in [-0.4, -0.2) is 17.7 Å². The minimum atomic E-state index is 0.000660. The fourth-order valence-electron chi connectivity index (χ4n) is 1.97. The smallest absolute Gasteiger partial charge is 0.177 e. The Balaban J connectivity index is 2.13. The van der Waals surface area contributed by atoms with E-state index in [-0.39, 0.29) is 11.1 Å². The Morgan fingerprint density at radius 2 is 1.86 bits per heavy atom. The van der Waals surface area contributed by atoms with Crippen LogP contribution in [0.4, 0.5) is 0 Å². The third-order valence-electron chi connectivity index (χ3n) is 3.08. The Morgan fingerprint density at radius 3 is 2.55 bits per heavy atom. The first kappa shape index (κ1) is 16.6. The summed E-state index contributed by atoms with van der Waals surface area (Å²) < 4.78 is 11.5. The van der Waals surface area contributed by atoms with Crippen molar-refractivity contribution < 1.29 is 14.3 Å². The van der Waals surface area contributed by atoms with Crippen LogP contribution >= 0.6 is 15.9 Å². The second-order valence-electron chi connectivity index (χ2n) is 4.84. The number of hydrogen-bond donors (Lipinski definition) is 0. The van der Waals surface area contributed by atoms with Crippen molar-refractivity contribution in [3.8, 4) is 11.5 Å². The number of hydrogen-bond acceptors (Lipinski definition) is 3.